The Hall–Kier alpha value is -1.62. The first kappa shape index (κ1) is 9.92. The lowest BCUT2D eigenvalue weighted by atomic mass is 10.3. The van der Waals surface area contributed by atoms with E-state index in [1.807, 2.05) is 23.7 Å². The maximum absolute atomic E-state index is 11.0. The summed E-state index contributed by atoms with van der Waals surface area (Å²) in [5, 5.41) is 5.60. The molecule has 2 aromatic rings. The number of hydrogen-bond donors (Lipinski definition) is 2. The zero-order chi connectivity index (χ0) is 10.7. The molecule has 1 heterocycles. The molecule has 0 saturated heterocycles. The molecule has 1 aromatic carbocycles. The van der Waals surface area contributed by atoms with Gasteiger partial charge in [0.15, 0.2) is 0 Å². The van der Waals surface area contributed by atoms with Crippen molar-refractivity contribution in [3.05, 3.63) is 23.7 Å². The monoisotopic (exact) mass is 221 g/mol. The van der Waals surface area contributed by atoms with Gasteiger partial charge in [-0.3, -0.25) is 4.79 Å². The lowest BCUT2D eigenvalue weighted by molar-refractivity contribution is -0.118. The van der Waals surface area contributed by atoms with Crippen LogP contribution in [0.1, 0.15) is 0 Å². The lowest BCUT2D eigenvalue weighted by Gasteiger charge is -2.04. The number of benzene rings is 1. The van der Waals surface area contributed by atoms with E-state index < -0.39 is 0 Å². The zero-order valence-electron chi connectivity index (χ0n) is 8.28. The minimum Gasteiger partial charge on any atom is -0.376 e. The van der Waals surface area contributed by atoms with Crippen molar-refractivity contribution in [1.82, 2.24) is 10.3 Å². The van der Waals surface area contributed by atoms with Crippen LogP contribution in [0.4, 0.5) is 5.69 Å². The van der Waals surface area contributed by atoms with Gasteiger partial charge >= 0.3 is 0 Å². The first-order valence-electron chi connectivity index (χ1n) is 4.57. The van der Waals surface area contributed by atoms with Crippen molar-refractivity contribution in [2.75, 3.05) is 18.9 Å². The fourth-order valence-electron chi connectivity index (χ4n) is 1.24. The highest BCUT2D eigenvalue weighted by atomic mass is 32.1. The van der Waals surface area contributed by atoms with Crippen molar-refractivity contribution in [3.63, 3.8) is 0 Å². The van der Waals surface area contributed by atoms with Gasteiger partial charge in [-0.05, 0) is 18.2 Å². The molecule has 0 unspecified atom stereocenters. The third kappa shape index (κ3) is 2.24. The van der Waals surface area contributed by atoms with Crippen LogP contribution in [-0.2, 0) is 4.79 Å². The summed E-state index contributed by atoms with van der Waals surface area (Å²) in [5.41, 5.74) is 3.74. The average Bonchev–Trinajstić information content (AvgIpc) is 2.72. The SMILES string of the molecule is CNC(=O)CNc1ccc2ncsc2c1. The molecule has 0 spiro atoms. The molecule has 2 rings (SSSR count). The van der Waals surface area contributed by atoms with Gasteiger partial charge in [-0.1, -0.05) is 0 Å². The van der Waals surface area contributed by atoms with E-state index in [-0.39, 0.29) is 5.91 Å². The van der Waals surface area contributed by atoms with Gasteiger partial charge in [-0.2, -0.15) is 0 Å². The third-order valence-corrected chi connectivity index (χ3v) is 2.85. The number of amides is 1. The van der Waals surface area contributed by atoms with E-state index in [9.17, 15) is 4.79 Å². The average molecular weight is 221 g/mol. The second kappa shape index (κ2) is 4.27. The van der Waals surface area contributed by atoms with Crippen molar-refractivity contribution in [2.45, 2.75) is 0 Å². The van der Waals surface area contributed by atoms with E-state index in [0.29, 0.717) is 6.54 Å². The molecule has 0 aliphatic carbocycles. The molecule has 1 aromatic heterocycles. The Bertz CT molecular complexity index is 480. The zero-order valence-corrected chi connectivity index (χ0v) is 9.10. The van der Waals surface area contributed by atoms with Gasteiger partial charge in [-0.15, -0.1) is 11.3 Å². The maximum Gasteiger partial charge on any atom is 0.239 e. The summed E-state index contributed by atoms with van der Waals surface area (Å²) < 4.78 is 1.12. The number of carbonyl (C=O) groups excluding carboxylic acids is 1. The normalized spacial score (nSPS) is 10.2. The fraction of sp³-hybridized carbons (Fsp3) is 0.200. The summed E-state index contributed by atoms with van der Waals surface area (Å²) in [6, 6.07) is 5.86. The minimum absolute atomic E-state index is 0.0283. The van der Waals surface area contributed by atoms with Gasteiger partial charge in [-0.25, -0.2) is 4.98 Å². The second-order valence-corrected chi connectivity index (χ2v) is 3.95. The molecule has 15 heavy (non-hydrogen) atoms. The molecule has 0 radical (unpaired) electrons. The maximum atomic E-state index is 11.0. The van der Waals surface area contributed by atoms with Crippen LogP contribution >= 0.6 is 11.3 Å². The van der Waals surface area contributed by atoms with Crippen molar-refractivity contribution in [1.29, 1.82) is 0 Å². The quantitative estimate of drug-likeness (QED) is 0.825. The van der Waals surface area contributed by atoms with Crippen LogP contribution in [0.2, 0.25) is 0 Å². The van der Waals surface area contributed by atoms with E-state index in [0.717, 1.165) is 15.9 Å². The van der Waals surface area contributed by atoms with Gasteiger partial charge in [0, 0.05) is 12.7 Å². The molecule has 78 valence electrons. The molecule has 0 saturated carbocycles. The number of nitrogens with one attached hydrogen (secondary N) is 2. The van der Waals surface area contributed by atoms with Crippen LogP contribution in [0.15, 0.2) is 23.7 Å². The smallest absolute Gasteiger partial charge is 0.239 e. The summed E-state index contributed by atoms with van der Waals surface area (Å²) in [4.78, 5) is 15.2. The van der Waals surface area contributed by atoms with E-state index in [1.54, 1.807) is 18.4 Å². The Labute approximate surface area is 91.3 Å². The molecule has 0 aliphatic rings. The highest BCUT2D eigenvalue weighted by molar-refractivity contribution is 7.16. The number of fused-ring (bicyclic) bond motifs is 1. The van der Waals surface area contributed by atoms with Crippen LogP contribution in [0.5, 0.6) is 0 Å². The van der Waals surface area contributed by atoms with Crippen LogP contribution in [0.3, 0.4) is 0 Å². The Morgan fingerprint density at radius 2 is 2.40 bits per heavy atom. The summed E-state index contributed by atoms with van der Waals surface area (Å²) >= 11 is 1.59. The second-order valence-electron chi connectivity index (χ2n) is 3.06. The number of carbonyl (C=O) groups is 1. The molecule has 2 N–H and O–H groups in total. The highest BCUT2D eigenvalue weighted by Gasteiger charge is 2.00. The summed E-state index contributed by atoms with van der Waals surface area (Å²) in [5.74, 6) is -0.0283. The number of likely N-dealkylation sites (N-methyl/N-ethyl adjacent to an activating group) is 1. The molecule has 0 bridgehead atoms. The third-order valence-electron chi connectivity index (χ3n) is 2.06. The number of hydrogen-bond acceptors (Lipinski definition) is 4. The van der Waals surface area contributed by atoms with Gasteiger partial charge in [0.05, 0.1) is 22.3 Å². The Kier molecular flexibility index (Phi) is 2.82. The van der Waals surface area contributed by atoms with Crippen molar-refractivity contribution >= 4 is 33.1 Å². The van der Waals surface area contributed by atoms with Crippen molar-refractivity contribution < 1.29 is 4.79 Å². The first-order valence-corrected chi connectivity index (χ1v) is 5.45. The predicted octanol–water partition coefficient (Wildman–Crippen LogP) is 1.45. The number of rotatable bonds is 3. The van der Waals surface area contributed by atoms with E-state index in [2.05, 4.69) is 15.6 Å². The number of aromatic nitrogens is 1. The highest BCUT2D eigenvalue weighted by Crippen LogP contribution is 2.21. The van der Waals surface area contributed by atoms with Crippen LogP contribution < -0.4 is 10.6 Å². The standard InChI is InChI=1S/C10H11N3OS/c1-11-10(14)5-12-7-2-3-8-9(4-7)15-6-13-8/h2-4,6,12H,5H2,1H3,(H,11,14). The van der Waals surface area contributed by atoms with Crippen LogP contribution in [-0.4, -0.2) is 24.5 Å². The number of thiazole rings is 1. The Balaban J connectivity index is 2.11. The molecular weight excluding hydrogens is 210 g/mol. The molecule has 0 aliphatic heterocycles. The number of anilines is 1. The molecule has 0 fully saturated rings. The number of nitrogens with zero attached hydrogens (tertiary/aromatic N) is 1. The Morgan fingerprint density at radius 1 is 1.53 bits per heavy atom. The molecular formula is C10H11N3OS. The van der Waals surface area contributed by atoms with E-state index >= 15 is 0 Å². The topological polar surface area (TPSA) is 54.0 Å². The van der Waals surface area contributed by atoms with Gasteiger partial charge < -0.3 is 10.6 Å². The largest absolute Gasteiger partial charge is 0.376 e. The lowest BCUT2D eigenvalue weighted by Crippen LogP contribution is -2.26. The first-order chi connectivity index (χ1) is 7.29. The van der Waals surface area contributed by atoms with E-state index in [4.69, 9.17) is 0 Å². The van der Waals surface area contributed by atoms with Gasteiger partial charge in [0.2, 0.25) is 5.91 Å². The van der Waals surface area contributed by atoms with E-state index in [1.165, 1.54) is 0 Å². The molecule has 0 atom stereocenters. The Morgan fingerprint density at radius 3 is 3.20 bits per heavy atom. The van der Waals surface area contributed by atoms with Crippen LogP contribution in [0.25, 0.3) is 10.2 Å². The minimum atomic E-state index is -0.0283. The summed E-state index contributed by atoms with van der Waals surface area (Å²) in [6.07, 6.45) is 0. The predicted molar refractivity (Wildman–Crippen MR) is 62.2 cm³/mol. The summed E-state index contributed by atoms with van der Waals surface area (Å²) in [6.45, 7) is 0.292. The molecule has 4 nitrogen and oxygen atoms in total. The molecule has 1 amide bonds. The van der Waals surface area contributed by atoms with Crippen molar-refractivity contribution in [2.24, 2.45) is 0 Å². The summed E-state index contributed by atoms with van der Waals surface area (Å²) in [7, 11) is 1.62. The fourth-order valence-corrected chi connectivity index (χ4v) is 1.95. The molecule has 5 heteroatoms. The van der Waals surface area contributed by atoms with Gasteiger partial charge in [0.1, 0.15) is 0 Å². The van der Waals surface area contributed by atoms with Crippen LogP contribution in [0, 0.1) is 0 Å². The van der Waals surface area contributed by atoms with Gasteiger partial charge in [0.25, 0.3) is 0 Å². The van der Waals surface area contributed by atoms with Crippen molar-refractivity contribution in [3.8, 4) is 0 Å².